The molecule has 15 rings (SSSR count). The van der Waals surface area contributed by atoms with Gasteiger partial charge >= 0.3 is 27.0 Å². The first kappa shape index (κ1) is 113. The number of ether oxygens (including phenoxy) is 4. The molecule has 6 saturated heterocycles. The predicted molar refractivity (Wildman–Crippen MR) is 541 cm³/mol. The van der Waals surface area contributed by atoms with Gasteiger partial charge < -0.3 is 92.5 Å². The molecule has 20 atom stereocenters. The Labute approximate surface area is 825 Å². The van der Waals surface area contributed by atoms with Gasteiger partial charge in [-0.1, -0.05) is 127 Å². The van der Waals surface area contributed by atoms with Gasteiger partial charge in [0.2, 0.25) is 17.8 Å². The second-order valence-electron chi connectivity index (χ2n) is 39.4. The number of nitrogens with zero attached hydrogens (tertiary/aromatic N) is 14. The molecule has 14 heterocycles. The smallest absolute Gasteiger partial charge is 0.386 e. The van der Waals surface area contributed by atoms with E-state index in [0.29, 0.717) is 16.7 Å². The van der Waals surface area contributed by atoms with Crippen molar-refractivity contribution in [3.05, 3.63) is 94.6 Å². The number of aromatic nitrogens is 16. The number of aliphatic hydroxyl groups excluding tert-OH is 1. The van der Waals surface area contributed by atoms with Crippen LogP contribution in [0.2, 0.25) is 72.5 Å². The van der Waals surface area contributed by atoms with Gasteiger partial charge in [0.05, 0.1) is 51.7 Å². The fraction of sp³-hybridized carbons (Fsp3) is 0.641. The molecular formula is C78H125B2N21O25P4S4Si4. The Morgan fingerprint density at radius 3 is 1.22 bits per heavy atom. The summed E-state index contributed by atoms with van der Waals surface area (Å²) in [5.74, 6) is -1.31. The van der Waals surface area contributed by atoms with Gasteiger partial charge in [-0.25, -0.2) is 44.4 Å². The van der Waals surface area contributed by atoms with E-state index < -0.39 is 207 Å². The Kier molecular flexibility index (Phi) is 35.5. The van der Waals surface area contributed by atoms with Crippen molar-refractivity contribution in [3.8, 4) is 0 Å². The average Bonchev–Trinajstić information content (AvgIpc) is 1.60. The molecule has 8 aromatic heterocycles. The number of carbonyl (C=O) groups excluding carboxylic acids is 2. The van der Waals surface area contributed by atoms with Crippen LogP contribution < -0.4 is 39.0 Å². The van der Waals surface area contributed by atoms with Crippen molar-refractivity contribution in [1.82, 2.24) is 78.1 Å². The lowest BCUT2D eigenvalue weighted by molar-refractivity contribution is -0.119. The minimum absolute atomic E-state index is 0.00454. The standard InChI is InChI=1S/C43H62N10O13P2S2Si2.C32H52N10O11P2S2Si2.C2H6O.CH5N.B2/c1-23(2)36(54)50-41-49-35-28(38(56)51-41)47-22-53(35)40-32-30(66-72(11,12)43(6,7)8)26(62-40)19-60-67(57,69)63-31-29(65-71(9,10)42(3,4)5)25(18-59-68(58,70)64-32)61-39(31)52-21-46-27-33(44-20-45-34(27)52)48-37(55)24-16-14-13-15-17-24;1-31(2,3)58(7,8)52-20-16-11-46-55(45,57)51-23-21(53-59(9,10)32(4,5)6)17(49-29(23)42-15-38-19-26(42)39-30(34)40-27(19)43)12-47-54(44,56)50-22(20)28(48-16)41-14-37-18-24(33)35-13-36-25(18)41;1-2-3;2*1-2/h13-17,20-23,25-26,29-32,39-40H,18-19H2,1-12H3,(H,57,69)(H,58,70)(H,44,45,48,55)(H2,49,50,51,54,56);13-17,20-23,28-29H,11-12H2,1-10H3,(H,44,56)(H,45,57)(H2,33,35,36)(H3,34,39,40,43);3H,2H2,1H3;2H2,1H3;/t25-,26-,29?,30?,31+,32+,39-,40-,67?,68?;16-,17-,20?,21?,22+,23+,28-,29-,54?,55?;;;/m11.../s1. The lowest BCUT2D eigenvalue weighted by atomic mass is 9.81. The number of hydrogen-bond donors (Lipinski definition) is 12. The fourth-order valence-corrected chi connectivity index (χ4v) is 25.2. The number of aromatic amines is 2. The van der Waals surface area contributed by atoms with E-state index in [2.05, 4.69) is 166 Å². The second kappa shape index (κ2) is 43.5. The molecule has 6 aliphatic heterocycles. The Morgan fingerprint density at radius 2 is 0.841 bits per heavy atom. The van der Waals surface area contributed by atoms with Gasteiger partial charge in [-0.3, -0.25) is 75.4 Å². The Morgan fingerprint density at radius 1 is 0.514 bits per heavy atom. The molecule has 2 amide bonds. The molecule has 0 saturated carbocycles. The van der Waals surface area contributed by atoms with Gasteiger partial charge in [-0.15, -0.1) is 0 Å². The molecule has 8 unspecified atom stereocenters. The summed E-state index contributed by atoms with van der Waals surface area (Å²) in [4.78, 5) is 137. The van der Waals surface area contributed by atoms with Crippen LogP contribution in [0, 0.1) is 5.92 Å². The molecular weight excluding hydrogens is 2020 g/mol. The first-order valence-corrected chi connectivity index (χ1v) is 66.1. The number of aliphatic hydroxyl groups is 1. The Balaban J connectivity index is 0.000000253. The highest BCUT2D eigenvalue weighted by Crippen LogP contribution is 2.62. The van der Waals surface area contributed by atoms with E-state index in [1.54, 1.807) is 60.2 Å². The third-order valence-electron chi connectivity index (χ3n) is 25.5. The fourth-order valence-electron chi connectivity index (χ4n) is 14.3. The van der Waals surface area contributed by atoms with E-state index in [0.717, 1.165) is 0 Å². The molecule has 6 fully saturated rings. The van der Waals surface area contributed by atoms with Crippen molar-refractivity contribution in [2.24, 2.45) is 11.7 Å². The van der Waals surface area contributed by atoms with Crippen LogP contribution in [0.3, 0.4) is 0 Å². The van der Waals surface area contributed by atoms with Gasteiger partial charge in [0.15, 0.2) is 109 Å². The summed E-state index contributed by atoms with van der Waals surface area (Å²) in [5, 5.41) is 11.7. The van der Waals surface area contributed by atoms with Crippen LogP contribution in [0.5, 0.6) is 0 Å². The monoisotopic (exact) mass is 2140 g/mol. The Bertz CT molecular complexity index is 6160. The first-order chi connectivity index (χ1) is 64.1. The maximum atomic E-state index is 14.6. The zero-order valence-corrected chi connectivity index (χ0v) is 92.1. The molecule has 6 aliphatic rings. The van der Waals surface area contributed by atoms with E-state index >= 15 is 0 Å². The highest BCUT2D eigenvalue weighted by atomic mass is 32.7. The maximum absolute atomic E-state index is 14.6. The van der Waals surface area contributed by atoms with Crippen molar-refractivity contribution in [2.75, 3.05) is 62.2 Å². The van der Waals surface area contributed by atoms with E-state index in [1.807, 2.05) is 73.1 Å². The van der Waals surface area contributed by atoms with Crippen LogP contribution >= 0.6 is 39.2 Å². The third kappa shape index (κ3) is 25.1. The molecule has 8 bridgehead atoms. The predicted octanol–water partition coefficient (Wildman–Crippen LogP) is 10.2. The van der Waals surface area contributed by atoms with E-state index in [1.165, 1.54) is 54.1 Å². The molecule has 46 nitrogen and oxygen atoms in total. The minimum atomic E-state index is -4.37. The molecule has 0 spiro atoms. The second-order valence-corrected chi connectivity index (χ2v) is 69.7. The van der Waals surface area contributed by atoms with E-state index in [-0.39, 0.29) is 90.4 Å². The SMILES string of the molecule is CC(C)(C)[Si](C)(C)OC1[C@H]2COP(O)(=S)O[C@H]3C(O[Si](C)(C)C(C)(C)C)[C@@H](COP(=O)(S)O[C@@H]1[C@H](n1cnc4c(N)ncnc41)O2)O[C@H]3n1cnc2c(=O)[nH]c(N)nc21.CC(C)C(=O)Nc1nc2c(ncn2[C@@H]2O[C@@H]3COP(O)(=S)O[C@H]4C(O[Si](C)(C)C(C)(C)C)[C@@H](COP(O)(=S)O[C@H]2C3O[Si](C)(C)C(C)(C)C)O[C@H]4n2cnc3c(NC(=O)c4ccccc4)ncnc32)c(=O)[nH]1.CCO.CN.[B][B]. The summed E-state index contributed by atoms with van der Waals surface area (Å²) in [5.41, 5.74) is 16.7. The summed E-state index contributed by atoms with van der Waals surface area (Å²) in [6.07, 6.45) is -10.1. The summed E-state index contributed by atoms with van der Waals surface area (Å²) >= 11 is 21.9. The highest BCUT2D eigenvalue weighted by Gasteiger charge is 2.61. The lowest BCUT2D eigenvalue weighted by Crippen LogP contribution is -2.51. The number of imidazole rings is 4. The van der Waals surface area contributed by atoms with E-state index in [4.69, 9.17) is 125 Å². The minimum Gasteiger partial charge on any atom is -0.408 e. The normalized spacial score (nSPS) is 29.3. The van der Waals surface area contributed by atoms with Crippen LogP contribution in [-0.4, -0.2) is 272 Å². The van der Waals surface area contributed by atoms with Crippen molar-refractivity contribution in [1.29, 1.82) is 0 Å². The van der Waals surface area contributed by atoms with Crippen LogP contribution in [0.15, 0.2) is 77.9 Å². The number of rotatable bonds is 16. The van der Waals surface area contributed by atoms with Crippen LogP contribution in [0.4, 0.5) is 23.5 Å². The van der Waals surface area contributed by atoms with Gasteiger partial charge in [0, 0.05) is 33.6 Å². The molecule has 758 valence electrons. The first-order valence-electron chi connectivity index (χ1n) is 44.0. The van der Waals surface area contributed by atoms with Crippen LogP contribution in [0.1, 0.15) is 139 Å². The van der Waals surface area contributed by atoms with Gasteiger partial charge in [0.25, 0.3) is 17.0 Å². The number of H-pyrrole nitrogens is 2. The van der Waals surface area contributed by atoms with Crippen molar-refractivity contribution in [3.63, 3.8) is 0 Å². The molecule has 138 heavy (non-hydrogen) atoms. The summed E-state index contributed by atoms with van der Waals surface area (Å²) in [6.45, 7) is 27.1. The molecule has 4 radical (unpaired) electrons. The molecule has 9 aromatic rings. The van der Waals surface area contributed by atoms with Crippen molar-refractivity contribution in [2.45, 2.75) is 275 Å². The van der Waals surface area contributed by atoms with Crippen molar-refractivity contribution >= 4 is 203 Å². The number of anilines is 4. The summed E-state index contributed by atoms with van der Waals surface area (Å²) in [7, 11) is -1.41. The summed E-state index contributed by atoms with van der Waals surface area (Å²) < 4.78 is 126. The zero-order valence-electron chi connectivity index (χ0n) is 81.2. The van der Waals surface area contributed by atoms with E-state index in [9.17, 15) is 38.4 Å². The summed E-state index contributed by atoms with van der Waals surface area (Å²) in [6, 6.07) is 8.61. The number of carbonyl (C=O) groups is 2. The Hall–Kier alpha value is -5.75. The quantitative estimate of drug-likeness (QED) is 0.0243. The van der Waals surface area contributed by atoms with Crippen LogP contribution in [0.25, 0.3) is 44.7 Å². The van der Waals surface area contributed by atoms with Crippen LogP contribution in [-0.2, 0) is 118 Å². The number of amides is 2. The van der Waals surface area contributed by atoms with Crippen molar-refractivity contribution < 1.29 is 107 Å². The van der Waals surface area contributed by atoms with Gasteiger partial charge in [-0.2, -0.15) is 9.97 Å². The number of nitrogen functional groups attached to an aromatic ring is 2. The topological polar surface area (TPSA) is 596 Å². The van der Waals surface area contributed by atoms with Gasteiger partial charge in [-0.05, 0) is 134 Å². The van der Waals surface area contributed by atoms with Gasteiger partial charge in [0.1, 0.15) is 91.4 Å². The maximum Gasteiger partial charge on any atom is 0.386 e. The third-order valence-corrected chi connectivity index (χ3v) is 49.7. The number of thiol groups is 1. The number of nitrogens with two attached hydrogens (primary N) is 3. The molecule has 1 aromatic carbocycles. The number of hydrogen-bond acceptors (Lipinski definition) is 38. The number of nitrogens with one attached hydrogen (secondary N) is 4. The zero-order chi connectivity index (χ0) is 102. The highest BCUT2D eigenvalue weighted by molar-refractivity contribution is 8.44. The largest absolute Gasteiger partial charge is 0.408 e. The number of benzene rings is 1. The molecule has 60 heteroatoms. The molecule has 14 N–H and O–H groups in total. The molecule has 0 aliphatic carbocycles. The average molecular weight is 2140 g/mol. The number of fused-ring (bicyclic) bond motifs is 12. The lowest BCUT2D eigenvalue weighted by Gasteiger charge is -2.41.